The highest BCUT2D eigenvalue weighted by molar-refractivity contribution is 6.13. The van der Waals surface area contributed by atoms with Gasteiger partial charge in [0.15, 0.2) is 0 Å². The van der Waals surface area contributed by atoms with Crippen LogP contribution in [0.3, 0.4) is 0 Å². The molecule has 0 radical (unpaired) electrons. The maximum absolute atomic E-state index is 7.08. The molecule has 2 aromatic heterocycles. The smallest absolute Gasteiger partial charge is 0.134 e. The predicted molar refractivity (Wildman–Crippen MR) is 242 cm³/mol. The van der Waals surface area contributed by atoms with Gasteiger partial charge in [0, 0.05) is 61.5 Å². The monoisotopic (exact) mass is 753 g/mol. The third-order valence-corrected chi connectivity index (χ3v) is 12.7. The summed E-state index contributed by atoms with van der Waals surface area (Å²) in [5.41, 5.74) is 14.5. The largest absolute Gasteiger partial charge is 0.457 e. The molecule has 1 atom stereocenters. The Kier molecular flexibility index (Phi) is 6.62. The summed E-state index contributed by atoms with van der Waals surface area (Å²) in [6.45, 7) is 0. The minimum atomic E-state index is -0.637. The van der Waals surface area contributed by atoms with E-state index in [1.54, 1.807) is 0 Å². The quantitative estimate of drug-likeness (QED) is 0.179. The molecule has 1 unspecified atom stereocenters. The van der Waals surface area contributed by atoms with Crippen molar-refractivity contribution in [3.8, 4) is 22.9 Å². The summed E-state index contributed by atoms with van der Waals surface area (Å²) in [4.78, 5) is 2.30. The molecule has 9 aromatic carbocycles. The van der Waals surface area contributed by atoms with Gasteiger partial charge in [-0.05, 0) is 90.0 Å². The Morgan fingerprint density at radius 1 is 0.356 bits per heavy atom. The SMILES string of the molecule is c1ccc(N(c2ccccc2)c2ccc(-n3c4ccccc4c4cc5c(cc43)Oc3ccccc3C53c4ccccc4-n4c5ccccc5c5cccc3c54)cc2)cc1. The van der Waals surface area contributed by atoms with Gasteiger partial charge in [0.1, 0.15) is 11.5 Å². The molecule has 0 amide bonds. The van der Waals surface area contributed by atoms with Gasteiger partial charge in [-0.2, -0.15) is 0 Å². The van der Waals surface area contributed by atoms with E-state index in [-0.39, 0.29) is 0 Å². The van der Waals surface area contributed by atoms with E-state index in [0.717, 1.165) is 56.4 Å². The Morgan fingerprint density at radius 3 is 1.66 bits per heavy atom. The van der Waals surface area contributed by atoms with Crippen molar-refractivity contribution in [3.63, 3.8) is 0 Å². The molecule has 4 heterocycles. The van der Waals surface area contributed by atoms with Crippen molar-refractivity contribution >= 4 is 60.7 Å². The summed E-state index contributed by atoms with van der Waals surface area (Å²) in [7, 11) is 0. The number of ether oxygens (including phenoxy) is 1. The van der Waals surface area contributed by atoms with Crippen LogP contribution in [-0.2, 0) is 5.41 Å². The molecule has 0 N–H and O–H groups in total. The first-order valence-electron chi connectivity index (χ1n) is 20.3. The van der Waals surface area contributed by atoms with E-state index < -0.39 is 5.41 Å². The minimum Gasteiger partial charge on any atom is -0.457 e. The van der Waals surface area contributed by atoms with Gasteiger partial charge in [-0.15, -0.1) is 0 Å². The molecule has 0 fully saturated rings. The number of benzene rings is 9. The number of nitrogens with zero attached hydrogens (tertiary/aromatic N) is 3. The molecule has 0 saturated heterocycles. The van der Waals surface area contributed by atoms with Crippen LogP contribution in [0, 0.1) is 0 Å². The zero-order valence-corrected chi connectivity index (χ0v) is 32.0. The van der Waals surface area contributed by atoms with Crippen LogP contribution in [0.5, 0.6) is 11.5 Å². The lowest BCUT2D eigenvalue weighted by Crippen LogP contribution is -2.37. The summed E-state index contributed by atoms with van der Waals surface area (Å²) in [5.74, 6) is 1.75. The van der Waals surface area contributed by atoms with Gasteiger partial charge in [-0.1, -0.05) is 127 Å². The third-order valence-electron chi connectivity index (χ3n) is 12.7. The van der Waals surface area contributed by atoms with Gasteiger partial charge in [-0.3, -0.25) is 0 Å². The van der Waals surface area contributed by atoms with Gasteiger partial charge in [-0.25, -0.2) is 0 Å². The van der Waals surface area contributed by atoms with E-state index in [1.807, 2.05) is 0 Å². The maximum Gasteiger partial charge on any atom is 0.134 e. The minimum absolute atomic E-state index is 0.637. The second-order valence-corrected chi connectivity index (χ2v) is 15.7. The molecule has 2 aliphatic heterocycles. The number of para-hydroxylation sites is 7. The topological polar surface area (TPSA) is 22.3 Å². The van der Waals surface area contributed by atoms with E-state index in [0.29, 0.717) is 0 Å². The molecule has 2 aliphatic rings. The summed E-state index contributed by atoms with van der Waals surface area (Å²) in [6, 6.07) is 77.0. The average molecular weight is 754 g/mol. The Morgan fingerprint density at radius 2 is 0.915 bits per heavy atom. The van der Waals surface area contributed by atoms with Crippen LogP contribution >= 0.6 is 0 Å². The van der Waals surface area contributed by atoms with Gasteiger partial charge < -0.3 is 18.8 Å². The highest BCUT2D eigenvalue weighted by Crippen LogP contribution is 2.61. The fraction of sp³-hybridized carbons (Fsp3) is 0.0182. The summed E-state index contributed by atoms with van der Waals surface area (Å²) in [5, 5.41) is 4.92. The van der Waals surface area contributed by atoms with Crippen molar-refractivity contribution in [2.75, 3.05) is 4.90 Å². The molecule has 0 bridgehead atoms. The average Bonchev–Trinajstić information content (AvgIpc) is 3.81. The molecule has 13 rings (SSSR count). The van der Waals surface area contributed by atoms with Crippen molar-refractivity contribution in [1.29, 1.82) is 0 Å². The van der Waals surface area contributed by atoms with E-state index >= 15 is 0 Å². The van der Waals surface area contributed by atoms with Crippen LogP contribution in [-0.4, -0.2) is 9.13 Å². The Hall–Kier alpha value is -7.82. The van der Waals surface area contributed by atoms with E-state index in [4.69, 9.17) is 4.74 Å². The van der Waals surface area contributed by atoms with Crippen molar-refractivity contribution in [1.82, 2.24) is 9.13 Å². The van der Waals surface area contributed by atoms with Crippen molar-refractivity contribution in [2.24, 2.45) is 0 Å². The van der Waals surface area contributed by atoms with E-state index in [9.17, 15) is 0 Å². The number of hydrogen-bond acceptors (Lipinski definition) is 2. The normalized spacial score (nSPS) is 15.0. The Balaban J connectivity index is 1.08. The van der Waals surface area contributed by atoms with Crippen LogP contribution in [0.4, 0.5) is 17.1 Å². The lowest BCUT2D eigenvalue weighted by atomic mass is 9.61. The van der Waals surface area contributed by atoms with Crippen LogP contribution in [0.2, 0.25) is 0 Å². The molecule has 59 heavy (non-hydrogen) atoms. The molecule has 0 saturated carbocycles. The molecule has 276 valence electrons. The molecule has 4 nitrogen and oxygen atoms in total. The molecule has 0 aliphatic carbocycles. The van der Waals surface area contributed by atoms with Gasteiger partial charge in [0.25, 0.3) is 0 Å². The zero-order valence-electron chi connectivity index (χ0n) is 32.0. The molecule has 11 aromatic rings. The zero-order chi connectivity index (χ0) is 38.7. The highest BCUT2D eigenvalue weighted by Gasteiger charge is 2.50. The van der Waals surface area contributed by atoms with Gasteiger partial charge in [0.05, 0.1) is 33.2 Å². The Labute approximate surface area is 341 Å². The number of aromatic nitrogens is 2. The number of rotatable bonds is 4. The lowest BCUT2D eigenvalue weighted by molar-refractivity contribution is 0.434. The van der Waals surface area contributed by atoms with E-state index in [1.165, 1.54) is 49.4 Å². The first kappa shape index (κ1) is 32.3. The van der Waals surface area contributed by atoms with Crippen molar-refractivity contribution < 1.29 is 4.74 Å². The third kappa shape index (κ3) is 4.32. The van der Waals surface area contributed by atoms with Crippen LogP contribution in [0.15, 0.2) is 212 Å². The van der Waals surface area contributed by atoms with E-state index in [2.05, 4.69) is 226 Å². The first-order chi connectivity index (χ1) is 29.3. The fourth-order valence-corrected chi connectivity index (χ4v) is 10.4. The standard InChI is InChI=1S/C55H35N3O/c1-3-16-36(17-4-1)56(37-18-5-2-6-19-37)38-30-32-39(33-31-38)57-48-26-11-8-21-41(48)43-34-47-53(35-51(43)57)59-52-29-14-10-24-45(52)55(47)44-23-9-13-28-50(44)58-49-27-12-7-20-40(49)42-22-15-25-46(55)54(42)58/h1-35H. The van der Waals surface area contributed by atoms with Gasteiger partial charge >= 0.3 is 0 Å². The van der Waals surface area contributed by atoms with Crippen LogP contribution in [0.25, 0.3) is 55.0 Å². The highest BCUT2D eigenvalue weighted by atomic mass is 16.5. The number of fused-ring (bicyclic) bond motifs is 14. The summed E-state index contributed by atoms with van der Waals surface area (Å²) in [6.07, 6.45) is 0. The second-order valence-electron chi connectivity index (χ2n) is 15.7. The molecule has 1 spiro atoms. The van der Waals surface area contributed by atoms with Crippen molar-refractivity contribution in [2.45, 2.75) is 5.41 Å². The first-order valence-corrected chi connectivity index (χ1v) is 20.3. The summed E-state index contributed by atoms with van der Waals surface area (Å²) >= 11 is 0. The maximum atomic E-state index is 7.08. The van der Waals surface area contributed by atoms with Crippen LogP contribution < -0.4 is 9.64 Å². The van der Waals surface area contributed by atoms with Crippen LogP contribution in [0.1, 0.15) is 22.3 Å². The summed E-state index contributed by atoms with van der Waals surface area (Å²) < 4.78 is 12.0. The number of anilines is 3. The predicted octanol–water partition coefficient (Wildman–Crippen LogP) is 14.2. The molecular formula is C55H35N3O. The number of hydrogen-bond donors (Lipinski definition) is 0. The lowest BCUT2D eigenvalue weighted by Gasteiger charge is -2.45. The fourth-order valence-electron chi connectivity index (χ4n) is 10.4. The van der Waals surface area contributed by atoms with Crippen molar-refractivity contribution in [3.05, 3.63) is 235 Å². The van der Waals surface area contributed by atoms with Gasteiger partial charge in [0.2, 0.25) is 0 Å². The Bertz CT molecular complexity index is 3430. The molecule has 4 heteroatoms. The second kappa shape index (κ2) is 12.1. The molecular weight excluding hydrogens is 719 g/mol.